The zero-order chi connectivity index (χ0) is 18.9. The summed E-state index contributed by atoms with van der Waals surface area (Å²) in [5.74, 6) is 1.49. The zero-order valence-electron chi connectivity index (χ0n) is 15.7. The summed E-state index contributed by atoms with van der Waals surface area (Å²) in [6, 6.07) is 15.4. The molecular weight excluding hydrogens is 358 g/mol. The first kappa shape index (κ1) is 18.5. The predicted octanol–water partition coefficient (Wildman–Crippen LogP) is 3.91. The van der Waals surface area contributed by atoms with Gasteiger partial charge in [0.1, 0.15) is 11.9 Å². The van der Waals surface area contributed by atoms with Gasteiger partial charge in [-0.25, -0.2) is 8.42 Å². The van der Waals surface area contributed by atoms with Gasteiger partial charge < -0.3 is 10.1 Å². The second-order valence-electron chi connectivity index (χ2n) is 7.85. The summed E-state index contributed by atoms with van der Waals surface area (Å²) in [6.45, 7) is 1.05. The van der Waals surface area contributed by atoms with Crippen molar-refractivity contribution in [2.45, 2.75) is 49.1 Å². The molecule has 1 saturated carbocycles. The van der Waals surface area contributed by atoms with E-state index in [-0.39, 0.29) is 12.1 Å². The van der Waals surface area contributed by atoms with Crippen LogP contribution >= 0.6 is 0 Å². The molecule has 0 aliphatic heterocycles. The fourth-order valence-corrected chi connectivity index (χ4v) is 4.96. The standard InChI is InChI=1S/C22H27NO3S/c1-27(24,25)19-12-10-18(11-13-19)26-22-20-9-5-4-8-17(20)14-21(22)23-15-16-6-2-3-7-16/h4-5,8-13,16,21-23H,2-3,6-7,14-15H2,1H3. The molecule has 0 radical (unpaired) electrons. The highest BCUT2D eigenvalue weighted by Crippen LogP contribution is 2.36. The monoisotopic (exact) mass is 385 g/mol. The maximum atomic E-state index is 11.7. The van der Waals surface area contributed by atoms with E-state index in [2.05, 4.69) is 29.6 Å². The van der Waals surface area contributed by atoms with Gasteiger partial charge >= 0.3 is 0 Å². The summed E-state index contributed by atoms with van der Waals surface area (Å²) < 4.78 is 29.7. The fraction of sp³-hybridized carbons (Fsp3) is 0.455. The molecule has 2 atom stereocenters. The van der Waals surface area contributed by atoms with Crippen molar-refractivity contribution < 1.29 is 13.2 Å². The molecule has 0 amide bonds. The lowest BCUT2D eigenvalue weighted by atomic mass is 10.1. The molecule has 144 valence electrons. The average molecular weight is 386 g/mol. The van der Waals surface area contributed by atoms with Gasteiger partial charge in [-0.3, -0.25) is 0 Å². The smallest absolute Gasteiger partial charge is 0.175 e. The third-order valence-corrected chi connectivity index (χ3v) is 6.95. The number of hydrogen-bond acceptors (Lipinski definition) is 4. The first-order valence-corrected chi connectivity index (χ1v) is 11.7. The molecule has 5 heteroatoms. The molecule has 2 aromatic carbocycles. The third-order valence-electron chi connectivity index (χ3n) is 5.83. The maximum absolute atomic E-state index is 11.7. The molecule has 2 aromatic rings. The number of sulfone groups is 1. The summed E-state index contributed by atoms with van der Waals surface area (Å²) >= 11 is 0. The normalized spacial score (nSPS) is 22.7. The van der Waals surface area contributed by atoms with Crippen molar-refractivity contribution in [2.75, 3.05) is 12.8 Å². The molecule has 2 aliphatic rings. The van der Waals surface area contributed by atoms with E-state index in [9.17, 15) is 8.42 Å². The minimum absolute atomic E-state index is 0.0494. The van der Waals surface area contributed by atoms with Crippen molar-refractivity contribution in [1.29, 1.82) is 0 Å². The van der Waals surface area contributed by atoms with Crippen molar-refractivity contribution in [3.8, 4) is 5.75 Å². The van der Waals surface area contributed by atoms with E-state index in [0.717, 1.165) is 18.9 Å². The van der Waals surface area contributed by atoms with E-state index >= 15 is 0 Å². The van der Waals surface area contributed by atoms with Gasteiger partial charge in [-0.1, -0.05) is 37.1 Å². The highest BCUT2D eigenvalue weighted by molar-refractivity contribution is 7.90. The number of fused-ring (bicyclic) bond motifs is 1. The van der Waals surface area contributed by atoms with E-state index in [4.69, 9.17) is 4.74 Å². The molecule has 4 rings (SSSR count). The SMILES string of the molecule is CS(=O)(=O)c1ccc(OC2c3ccccc3CC2NCC2CCCC2)cc1. The Bertz CT molecular complexity index is 886. The van der Waals surface area contributed by atoms with E-state index in [1.807, 2.05) is 0 Å². The third kappa shape index (κ3) is 4.19. The largest absolute Gasteiger partial charge is 0.484 e. The van der Waals surface area contributed by atoms with Crippen molar-refractivity contribution in [1.82, 2.24) is 5.32 Å². The summed E-state index contributed by atoms with van der Waals surface area (Å²) in [6.07, 6.45) is 7.49. The van der Waals surface area contributed by atoms with Gasteiger partial charge in [0.05, 0.1) is 10.9 Å². The lowest BCUT2D eigenvalue weighted by Crippen LogP contribution is -2.38. The highest BCUT2D eigenvalue weighted by Gasteiger charge is 2.34. The Labute approximate surface area is 161 Å². The molecule has 2 unspecified atom stereocenters. The van der Waals surface area contributed by atoms with Gasteiger partial charge in [0.2, 0.25) is 0 Å². The lowest BCUT2D eigenvalue weighted by Gasteiger charge is -2.24. The average Bonchev–Trinajstić information content (AvgIpc) is 3.28. The van der Waals surface area contributed by atoms with Crippen molar-refractivity contribution >= 4 is 9.84 Å². The molecule has 4 nitrogen and oxygen atoms in total. The van der Waals surface area contributed by atoms with E-state index in [1.54, 1.807) is 24.3 Å². The van der Waals surface area contributed by atoms with Crippen LogP contribution in [0.2, 0.25) is 0 Å². The summed E-state index contributed by atoms with van der Waals surface area (Å²) in [4.78, 5) is 0.317. The van der Waals surface area contributed by atoms with Crippen molar-refractivity contribution in [3.63, 3.8) is 0 Å². The minimum Gasteiger partial charge on any atom is -0.484 e. The zero-order valence-corrected chi connectivity index (χ0v) is 16.5. The number of ether oxygens (including phenoxy) is 1. The Balaban J connectivity index is 1.51. The molecule has 0 spiro atoms. The predicted molar refractivity (Wildman–Crippen MR) is 107 cm³/mol. The summed E-state index contributed by atoms with van der Waals surface area (Å²) in [7, 11) is -3.19. The molecule has 0 bridgehead atoms. The van der Waals surface area contributed by atoms with Crippen LogP contribution in [0.4, 0.5) is 0 Å². The minimum atomic E-state index is -3.19. The second kappa shape index (κ2) is 7.64. The van der Waals surface area contributed by atoms with Gasteiger partial charge in [0.15, 0.2) is 9.84 Å². The van der Waals surface area contributed by atoms with Gasteiger partial charge in [0.25, 0.3) is 0 Å². The number of rotatable bonds is 6. The van der Waals surface area contributed by atoms with Crippen LogP contribution in [0.1, 0.15) is 42.9 Å². The van der Waals surface area contributed by atoms with Crippen LogP contribution in [0.15, 0.2) is 53.4 Å². The molecular formula is C22H27NO3S. The van der Waals surface area contributed by atoms with Gasteiger partial charge in [0, 0.05) is 6.26 Å². The Morgan fingerprint density at radius 1 is 1.04 bits per heavy atom. The fourth-order valence-electron chi connectivity index (χ4n) is 4.33. The van der Waals surface area contributed by atoms with Crippen LogP contribution in [-0.4, -0.2) is 27.3 Å². The molecule has 0 aromatic heterocycles. The Kier molecular flexibility index (Phi) is 5.24. The van der Waals surface area contributed by atoms with Crippen LogP contribution < -0.4 is 10.1 Å². The van der Waals surface area contributed by atoms with Gasteiger partial charge in [-0.15, -0.1) is 0 Å². The Hall–Kier alpha value is -1.85. The molecule has 1 N–H and O–H groups in total. The Morgan fingerprint density at radius 2 is 1.74 bits per heavy atom. The summed E-state index contributed by atoms with van der Waals surface area (Å²) in [5.41, 5.74) is 2.56. The van der Waals surface area contributed by atoms with E-state index < -0.39 is 9.84 Å². The van der Waals surface area contributed by atoms with E-state index in [1.165, 1.54) is 43.1 Å². The van der Waals surface area contributed by atoms with E-state index in [0.29, 0.717) is 10.6 Å². The maximum Gasteiger partial charge on any atom is 0.175 e. The molecule has 1 fully saturated rings. The first-order valence-electron chi connectivity index (χ1n) is 9.79. The van der Waals surface area contributed by atoms with Crippen LogP contribution in [0.25, 0.3) is 0 Å². The number of benzene rings is 2. The molecule has 27 heavy (non-hydrogen) atoms. The van der Waals surface area contributed by atoms with Crippen LogP contribution in [0.5, 0.6) is 5.75 Å². The first-order chi connectivity index (χ1) is 13.0. The van der Waals surface area contributed by atoms with Crippen LogP contribution in [0, 0.1) is 5.92 Å². The summed E-state index contributed by atoms with van der Waals surface area (Å²) in [5, 5.41) is 3.76. The Morgan fingerprint density at radius 3 is 2.44 bits per heavy atom. The van der Waals surface area contributed by atoms with Crippen molar-refractivity contribution in [2.24, 2.45) is 5.92 Å². The van der Waals surface area contributed by atoms with Crippen molar-refractivity contribution in [3.05, 3.63) is 59.7 Å². The molecule has 0 heterocycles. The number of hydrogen-bond donors (Lipinski definition) is 1. The van der Waals surface area contributed by atoms with Crippen LogP contribution in [0.3, 0.4) is 0 Å². The lowest BCUT2D eigenvalue weighted by molar-refractivity contribution is 0.164. The topological polar surface area (TPSA) is 55.4 Å². The molecule has 2 aliphatic carbocycles. The second-order valence-corrected chi connectivity index (χ2v) is 9.87. The number of nitrogens with one attached hydrogen (secondary N) is 1. The van der Waals surface area contributed by atoms with Gasteiger partial charge in [-0.2, -0.15) is 0 Å². The van der Waals surface area contributed by atoms with Crippen LogP contribution in [-0.2, 0) is 16.3 Å². The molecule has 0 saturated heterocycles. The quantitative estimate of drug-likeness (QED) is 0.819. The highest BCUT2D eigenvalue weighted by atomic mass is 32.2. The van der Waals surface area contributed by atoms with Gasteiger partial charge in [-0.05, 0) is 67.1 Å².